The van der Waals surface area contributed by atoms with Crippen molar-refractivity contribution in [2.75, 3.05) is 11.9 Å². The quantitative estimate of drug-likeness (QED) is 0.899. The average molecular weight is 286 g/mol. The number of piperidine rings is 1. The highest BCUT2D eigenvalue weighted by molar-refractivity contribution is 5.55. The highest BCUT2D eigenvalue weighted by Crippen LogP contribution is 2.19. The van der Waals surface area contributed by atoms with Gasteiger partial charge in [-0.1, -0.05) is 0 Å². The fourth-order valence-electron chi connectivity index (χ4n) is 2.63. The fourth-order valence-corrected chi connectivity index (χ4v) is 2.63. The molecule has 3 heterocycles. The van der Waals surface area contributed by atoms with Crippen LogP contribution in [0.5, 0.6) is 0 Å². The molecule has 0 bridgehead atoms. The van der Waals surface area contributed by atoms with Crippen LogP contribution in [0.1, 0.15) is 25.6 Å². The van der Waals surface area contributed by atoms with Crippen molar-refractivity contribution in [3.05, 3.63) is 24.4 Å². The number of rotatable bonds is 3. The number of aryl methyl sites for hydroxylation is 1. The fraction of sp³-hybridized carbons (Fsp3) is 0.533. The molecular formula is C15H22N6. The van der Waals surface area contributed by atoms with E-state index in [1.807, 2.05) is 24.7 Å². The highest BCUT2D eigenvalue weighted by atomic mass is 15.1. The molecule has 2 aromatic rings. The van der Waals surface area contributed by atoms with Crippen molar-refractivity contribution in [2.45, 2.75) is 38.8 Å². The van der Waals surface area contributed by atoms with Crippen LogP contribution >= 0.6 is 0 Å². The minimum absolute atomic E-state index is 0.416. The molecular weight excluding hydrogens is 264 g/mol. The first kappa shape index (κ1) is 14.0. The molecule has 1 aliphatic rings. The molecule has 0 unspecified atom stereocenters. The molecule has 0 aliphatic carbocycles. The Hall–Kier alpha value is -1.95. The maximum Gasteiger partial charge on any atom is 0.145 e. The summed E-state index contributed by atoms with van der Waals surface area (Å²) in [6.07, 6.45) is 7.75. The van der Waals surface area contributed by atoms with Crippen LogP contribution in [0.4, 0.5) is 5.82 Å². The summed E-state index contributed by atoms with van der Waals surface area (Å²) >= 11 is 0. The Kier molecular flexibility index (Phi) is 3.88. The van der Waals surface area contributed by atoms with Crippen molar-refractivity contribution in [3.63, 3.8) is 0 Å². The Morgan fingerprint density at radius 1 is 1.29 bits per heavy atom. The van der Waals surface area contributed by atoms with Gasteiger partial charge in [0.2, 0.25) is 0 Å². The summed E-state index contributed by atoms with van der Waals surface area (Å²) in [5, 5.41) is 6.96. The molecule has 1 fully saturated rings. The van der Waals surface area contributed by atoms with Crippen LogP contribution in [0, 0.1) is 6.92 Å². The SMILES string of the molecule is Cc1ncc(-c2cncc(N[C@@H]3CC[C@@H](C)NC3)n2)n1C. The van der Waals surface area contributed by atoms with E-state index >= 15 is 0 Å². The van der Waals surface area contributed by atoms with Crippen molar-refractivity contribution >= 4 is 5.82 Å². The second kappa shape index (κ2) is 5.81. The third kappa shape index (κ3) is 3.05. The number of aromatic nitrogens is 4. The van der Waals surface area contributed by atoms with Crippen LogP contribution < -0.4 is 10.6 Å². The normalized spacial score (nSPS) is 22.2. The smallest absolute Gasteiger partial charge is 0.145 e. The monoisotopic (exact) mass is 286 g/mol. The number of hydrogen-bond acceptors (Lipinski definition) is 5. The van der Waals surface area contributed by atoms with Gasteiger partial charge in [-0.15, -0.1) is 0 Å². The van der Waals surface area contributed by atoms with Crippen LogP contribution in [0.2, 0.25) is 0 Å². The lowest BCUT2D eigenvalue weighted by atomic mass is 10.0. The molecule has 0 radical (unpaired) electrons. The Morgan fingerprint density at radius 3 is 2.81 bits per heavy atom. The molecule has 0 spiro atoms. The van der Waals surface area contributed by atoms with Crippen molar-refractivity contribution in [1.82, 2.24) is 24.8 Å². The van der Waals surface area contributed by atoms with Gasteiger partial charge in [0.15, 0.2) is 0 Å². The van der Waals surface area contributed by atoms with Gasteiger partial charge in [-0.2, -0.15) is 0 Å². The van der Waals surface area contributed by atoms with Crippen molar-refractivity contribution in [1.29, 1.82) is 0 Å². The lowest BCUT2D eigenvalue weighted by Crippen LogP contribution is -2.43. The first-order valence-corrected chi connectivity index (χ1v) is 7.44. The summed E-state index contributed by atoms with van der Waals surface area (Å²) in [5.74, 6) is 1.79. The van der Waals surface area contributed by atoms with Crippen molar-refractivity contribution in [2.24, 2.45) is 7.05 Å². The molecule has 6 nitrogen and oxygen atoms in total. The van der Waals surface area contributed by atoms with Gasteiger partial charge in [0.05, 0.1) is 24.3 Å². The zero-order valence-electron chi connectivity index (χ0n) is 12.8. The second-order valence-corrected chi connectivity index (χ2v) is 5.77. The van der Waals surface area contributed by atoms with Crippen LogP contribution in [0.3, 0.4) is 0 Å². The third-order valence-electron chi connectivity index (χ3n) is 4.13. The van der Waals surface area contributed by atoms with Crippen LogP contribution in [0.15, 0.2) is 18.6 Å². The lowest BCUT2D eigenvalue weighted by Gasteiger charge is -2.28. The predicted octanol–water partition coefficient (Wildman–Crippen LogP) is 1.74. The van der Waals surface area contributed by atoms with E-state index in [-0.39, 0.29) is 0 Å². The van der Waals surface area contributed by atoms with Gasteiger partial charge in [0.25, 0.3) is 0 Å². The lowest BCUT2D eigenvalue weighted by molar-refractivity contribution is 0.398. The topological polar surface area (TPSA) is 67.7 Å². The minimum Gasteiger partial charge on any atom is -0.365 e. The predicted molar refractivity (Wildman–Crippen MR) is 83.1 cm³/mol. The Balaban J connectivity index is 1.76. The van der Waals surface area contributed by atoms with Crippen LogP contribution in [-0.4, -0.2) is 38.1 Å². The van der Waals surface area contributed by atoms with E-state index in [2.05, 4.69) is 32.5 Å². The number of nitrogens with one attached hydrogen (secondary N) is 2. The van der Waals surface area contributed by atoms with Crippen molar-refractivity contribution in [3.8, 4) is 11.4 Å². The van der Waals surface area contributed by atoms with E-state index < -0.39 is 0 Å². The van der Waals surface area contributed by atoms with E-state index in [0.29, 0.717) is 12.1 Å². The molecule has 112 valence electrons. The van der Waals surface area contributed by atoms with Gasteiger partial charge in [-0.3, -0.25) is 4.98 Å². The molecule has 3 rings (SSSR count). The second-order valence-electron chi connectivity index (χ2n) is 5.77. The molecule has 21 heavy (non-hydrogen) atoms. The number of anilines is 1. The zero-order valence-corrected chi connectivity index (χ0v) is 12.8. The largest absolute Gasteiger partial charge is 0.365 e. The summed E-state index contributed by atoms with van der Waals surface area (Å²) < 4.78 is 2.03. The average Bonchev–Trinajstić information content (AvgIpc) is 2.82. The molecule has 2 N–H and O–H groups in total. The van der Waals surface area contributed by atoms with Gasteiger partial charge < -0.3 is 15.2 Å². The number of imidazole rings is 1. The first-order valence-electron chi connectivity index (χ1n) is 7.44. The summed E-state index contributed by atoms with van der Waals surface area (Å²) in [6, 6.07) is 1.02. The molecule has 0 saturated carbocycles. The third-order valence-corrected chi connectivity index (χ3v) is 4.13. The molecule has 0 aromatic carbocycles. The van der Waals surface area contributed by atoms with Gasteiger partial charge in [0, 0.05) is 25.7 Å². The van der Waals surface area contributed by atoms with E-state index in [9.17, 15) is 0 Å². The van der Waals surface area contributed by atoms with E-state index in [1.165, 1.54) is 6.42 Å². The molecule has 2 atom stereocenters. The van der Waals surface area contributed by atoms with Crippen LogP contribution in [-0.2, 0) is 7.05 Å². The summed E-state index contributed by atoms with van der Waals surface area (Å²) in [6.45, 7) is 5.17. The van der Waals surface area contributed by atoms with Gasteiger partial charge in [-0.05, 0) is 26.7 Å². The van der Waals surface area contributed by atoms with Crippen LogP contribution in [0.25, 0.3) is 11.4 Å². The molecule has 2 aromatic heterocycles. The number of nitrogens with zero attached hydrogens (tertiary/aromatic N) is 4. The van der Waals surface area contributed by atoms with Gasteiger partial charge >= 0.3 is 0 Å². The minimum atomic E-state index is 0.416. The zero-order chi connectivity index (χ0) is 14.8. The van der Waals surface area contributed by atoms with Crippen molar-refractivity contribution < 1.29 is 0 Å². The van der Waals surface area contributed by atoms with Gasteiger partial charge in [-0.25, -0.2) is 9.97 Å². The highest BCUT2D eigenvalue weighted by Gasteiger charge is 2.18. The standard InChI is InChI=1S/C15H22N6/c1-10-4-5-12(6-17-10)19-15-9-16-7-13(20-15)14-8-18-11(2)21(14)3/h7-10,12,17H,4-6H2,1-3H3,(H,19,20)/t10-,12-/m1/s1. The molecule has 0 amide bonds. The Bertz CT molecular complexity index is 612. The summed E-state index contributed by atoms with van der Waals surface area (Å²) in [4.78, 5) is 13.3. The van der Waals surface area contributed by atoms with E-state index in [1.54, 1.807) is 12.4 Å². The Morgan fingerprint density at radius 2 is 2.14 bits per heavy atom. The number of hydrogen-bond donors (Lipinski definition) is 2. The molecule has 1 saturated heterocycles. The summed E-state index contributed by atoms with van der Waals surface area (Å²) in [7, 11) is 1.99. The van der Waals surface area contributed by atoms with E-state index in [0.717, 1.165) is 36.0 Å². The maximum absolute atomic E-state index is 4.67. The molecule has 1 aliphatic heterocycles. The summed E-state index contributed by atoms with van der Waals surface area (Å²) in [5.41, 5.74) is 1.83. The maximum atomic E-state index is 4.67. The molecule has 6 heteroatoms. The first-order chi connectivity index (χ1) is 10.1. The Labute approximate surface area is 125 Å². The van der Waals surface area contributed by atoms with Gasteiger partial charge in [0.1, 0.15) is 17.3 Å². The van der Waals surface area contributed by atoms with E-state index in [4.69, 9.17) is 0 Å².